The molecule has 0 fully saturated rings. The molecule has 23 heavy (non-hydrogen) atoms. The summed E-state index contributed by atoms with van der Waals surface area (Å²) >= 11 is 0. The van der Waals surface area contributed by atoms with Gasteiger partial charge in [0, 0.05) is 38.3 Å². The van der Waals surface area contributed by atoms with Crippen molar-refractivity contribution in [1.82, 2.24) is 9.47 Å². The van der Waals surface area contributed by atoms with Gasteiger partial charge in [-0.3, -0.25) is 19.8 Å². The van der Waals surface area contributed by atoms with Gasteiger partial charge in [-0.15, -0.1) is 0 Å². The van der Waals surface area contributed by atoms with Gasteiger partial charge in [-0.1, -0.05) is 30.3 Å². The first kappa shape index (κ1) is 16.9. The van der Waals surface area contributed by atoms with Crippen molar-refractivity contribution in [2.24, 2.45) is 0 Å². The molecule has 0 amide bonds. The van der Waals surface area contributed by atoms with Crippen LogP contribution in [0.5, 0.6) is 0 Å². The highest BCUT2D eigenvalue weighted by Gasteiger charge is 2.10. The third-order valence-corrected chi connectivity index (χ3v) is 3.50. The van der Waals surface area contributed by atoms with Crippen molar-refractivity contribution in [2.45, 2.75) is 13.1 Å². The molecule has 0 unspecified atom stereocenters. The van der Waals surface area contributed by atoms with E-state index in [1.54, 1.807) is 0 Å². The Kier molecular flexibility index (Phi) is 6.02. The summed E-state index contributed by atoms with van der Waals surface area (Å²) in [6, 6.07) is 12.2. The van der Waals surface area contributed by atoms with Crippen LogP contribution in [0.3, 0.4) is 0 Å². The van der Waals surface area contributed by atoms with Crippen molar-refractivity contribution in [3.05, 3.63) is 74.7 Å². The number of benzene rings is 1. The fourth-order valence-corrected chi connectivity index (χ4v) is 2.30. The average Bonchev–Trinajstić information content (AvgIpc) is 2.55. The molecule has 1 aromatic heterocycles. The fraction of sp³-hybridized carbons (Fsp3) is 0.312. The molecule has 1 aromatic carbocycles. The van der Waals surface area contributed by atoms with Crippen LogP contribution in [0.25, 0.3) is 0 Å². The summed E-state index contributed by atoms with van der Waals surface area (Å²) in [5.74, 6) is 0. The second-order valence-electron chi connectivity index (χ2n) is 5.16. The Morgan fingerprint density at radius 2 is 1.87 bits per heavy atom. The van der Waals surface area contributed by atoms with Crippen LogP contribution in [-0.2, 0) is 13.1 Å². The van der Waals surface area contributed by atoms with E-state index in [0.717, 1.165) is 5.56 Å². The maximum atomic E-state index is 11.8. The smallest absolute Gasteiger partial charge is 0.285 e. The number of pyridine rings is 1. The summed E-state index contributed by atoms with van der Waals surface area (Å²) in [5.41, 5.74) is 0.716. The van der Waals surface area contributed by atoms with Crippen LogP contribution in [0.2, 0.25) is 0 Å². The third-order valence-electron chi connectivity index (χ3n) is 3.50. The van der Waals surface area contributed by atoms with E-state index in [2.05, 4.69) is 0 Å². The highest BCUT2D eigenvalue weighted by atomic mass is 16.6. The summed E-state index contributed by atoms with van der Waals surface area (Å²) in [6.07, 6.45) is 1.25. The van der Waals surface area contributed by atoms with E-state index in [1.807, 2.05) is 35.2 Å². The molecule has 2 rings (SSSR count). The maximum Gasteiger partial charge on any atom is 0.285 e. The summed E-state index contributed by atoms with van der Waals surface area (Å²) in [5, 5.41) is 20.0. The SMILES string of the molecule is O=c1ccc([N+](=O)[O-])cn1CCN(CCO)Cc1ccccc1. The normalized spacial score (nSPS) is 10.9. The molecule has 0 saturated heterocycles. The Labute approximate surface area is 133 Å². The molecular weight excluding hydrogens is 298 g/mol. The van der Waals surface area contributed by atoms with Gasteiger partial charge in [-0.2, -0.15) is 0 Å². The van der Waals surface area contributed by atoms with E-state index in [9.17, 15) is 20.0 Å². The van der Waals surface area contributed by atoms with Crippen molar-refractivity contribution >= 4 is 5.69 Å². The zero-order valence-corrected chi connectivity index (χ0v) is 12.7. The Morgan fingerprint density at radius 1 is 1.13 bits per heavy atom. The molecule has 7 heteroatoms. The molecule has 0 aliphatic heterocycles. The molecular formula is C16H19N3O4. The third kappa shape index (κ3) is 5.01. The van der Waals surface area contributed by atoms with Crippen molar-refractivity contribution in [3.63, 3.8) is 0 Å². The molecule has 0 aliphatic carbocycles. The van der Waals surface area contributed by atoms with E-state index < -0.39 is 4.92 Å². The van der Waals surface area contributed by atoms with Gasteiger partial charge < -0.3 is 9.67 Å². The molecule has 0 aliphatic rings. The molecule has 0 radical (unpaired) electrons. The minimum atomic E-state index is -0.522. The first-order valence-electron chi connectivity index (χ1n) is 7.32. The van der Waals surface area contributed by atoms with E-state index in [4.69, 9.17) is 0 Å². The Hall–Kier alpha value is -2.51. The first-order valence-corrected chi connectivity index (χ1v) is 7.32. The van der Waals surface area contributed by atoms with Crippen LogP contribution in [0.1, 0.15) is 5.56 Å². The topological polar surface area (TPSA) is 88.6 Å². The summed E-state index contributed by atoms with van der Waals surface area (Å²) in [4.78, 5) is 24.1. The van der Waals surface area contributed by atoms with Gasteiger partial charge >= 0.3 is 0 Å². The highest BCUT2D eigenvalue weighted by molar-refractivity contribution is 5.24. The largest absolute Gasteiger partial charge is 0.395 e. The van der Waals surface area contributed by atoms with Gasteiger partial charge in [0.2, 0.25) is 0 Å². The molecule has 2 aromatic rings. The number of nitro groups is 1. The van der Waals surface area contributed by atoms with Crippen molar-refractivity contribution in [1.29, 1.82) is 0 Å². The number of aliphatic hydroxyl groups excluding tert-OH is 1. The lowest BCUT2D eigenvalue weighted by Crippen LogP contribution is -2.32. The summed E-state index contributed by atoms with van der Waals surface area (Å²) in [6.45, 7) is 1.96. The molecule has 0 saturated carbocycles. The highest BCUT2D eigenvalue weighted by Crippen LogP contribution is 2.07. The van der Waals surface area contributed by atoms with E-state index in [0.29, 0.717) is 26.2 Å². The van der Waals surface area contributed by atoms with Crippen molar-refractivity contribution in [3.8, 4) is 0 Å². The lowest BCUT2D eigenvalue weighted by Gasteiger charge is -2.21. The minimum absolute atomic E-state index is 0.0106. The van der Waals surface area contributed by atoms with Crippen LogP contribution in [-0.4, -0.2) is 39.2 Å². The predicted molar refractivity (Wildman–Crippen MR) is 86.2 cm³/mol. The van der Waals surface area contributed by atoms with Gasteiger partial charge in [-0.25, -0.2) is 0 Å². The quantitative estimate of drug-likeness (QED) is 0.585. The van der Waals surface area contributed by atoms with E-state index in [-0.39, 0.29) is 17.9 Å². The van der Waals surface area contributed by atoms with Gasteiger partial charge in [0.15, 0.2) is 0 Å². The number of aliphatic hydroxyl groups is 1. The van der Waals surface area contributed by atoms with Gasteiger partial charge in [0.1, 0.15) is 0 Å². The lowest BCUT2D eigenvalue weighted by atomic mass is 10.2. The summed E-state index contributed by atoms with van der Waals surface area (Å²) in [7, 11) is 0. The Morgan fingerprint density at radius 3 is 2.52 bits per heavy atom. The second kappa shape index (κ2) is 8.21. The second-order valence-corrected chi connectivity index (χ2v) is 5.16. The fourth-order valence-electron chi connectivity index (χ4n) is 2.30. The average molecular weight is 317 g/mol. The Bertz CT molecular complexity index is 700. The van der Waals surface area contributed by atoms with Crippen LogP contribution >= 0.6 is 0 Å². The molecule has 122 valence electrons. The van der Waals surface area contributed by atoms with E-state index >= 15 is 0 Å². The molecule has 0 atom stereocenters. The lowest BCUT2D eigenvalue weighted by molar-refractivity contribution is -0.385. The van der Waals surface area contributed by atoms with Crippen LogP contribution in [0.15, 0.2) is 53.5 Å². The Balaban J connectivity index is 2.05. The molecule has 1 N–H and O–H groups in total. The van der Waals surface area contributed by atoms with E-state index in [1.165, 1.54) is 22.9 Å². The van der Waals surface area contributed by atoms with Crippen molar-refractivity contribution in [2.75, 3.05) is 19.7 Å². The summed E-state index contributed by atoms with van der Waals surface area (Å²) < 4.78 is 1.33. The number of hydrogen-bond donors (Lipinski definition) is 1. The van der Waals surface area contributed by atoms with Crippen LogP contribution in [0, 0.1) is 10.1 Å². The monoisotopic (exact) mass is 317 g/mol. The number of aromatic nitrogens is 1. The maximum absolute atomic E-state index is 11.8. The first-order chi connectivity index (χ1) is 11.1. The van der Waals surface area contributed by atoms with Gasteiger partial charge in [0.25, 0.3) is 11.2 Å². The molecule has 0 bridgehead atoms. The standard InChI is InChI=1S/C16H19N3O4/c20-11-10-17(12-14-4-2-1-3-5-14)8-9-18-13-15(19(22)23)6-7-16(18)21/h1-7,13,20H,8-12H2. The number of hydrogen-bond acceptors (Lipinski definition) is 5. The zero-order chi connectivity index (χ0) is 16.7. The molecule has 0 spiro atoms. The molecule has 1 heterocycles. The minimum Gasteiger partial charge on any atom is -0.395 e. The van der Waals surface area contributed by atoms with Gasteiger partial charge in [-0.05, 0) is 5.56 Å². The number of rotatable bonds is 8. The predicted octanol–water partition coefficient (Wildman–Crippen LogP) is 1.25. The van der Waals surface area contributed by atoms with Crippen molar-refractivity contribution < 1.29 is 10.0 Å². The molecule has 7 nitrogen and oxygen atoms in total. The number of nitrogens with zero attached hydrogens (tertiary/aromatic N) is 3. The van der Waals surface area contributed by atoms with Crippen LogP contribution in [0.4, 0.5) is 5.69 Å². The van der Waals surface area contributed by atoms with Gasteiger partial charge in [0.05, 0.1) is 17.7 Å². The van der Waals surface area contributed by atoms with Crippen LogP contribution < -0.4 is 5.56 Å². The zero-order valence-electron chi connectivity index (χ0n) is 12.7.